The normalized spacial score (nSPS) is 11.2. The molecule has 1 heterocycles. The Balaban J connectivity index is 0.00000144. The minimum atomic E-state index is -0.495. The number of carbonyl (C=O) groups excluding carboxylic acids is 1. The molecule has 1 aromatic rings. The SMILES string of the molecule is CC(N)C(=O)Nc1cccnc1.I. The molecule has 5 heteroatoms. The van der Waals surface area contributed by atoms with E-state index in [0.29, 0.717) is 5.69 Å². The van der Waals surface area contributed by atoms with Crippen LogP contribution in [-0.2, 0) is 4.79 Å². The second-order valence-electron chi connectivity index (χ2n) is 2.52. The molecule has 1 amide bonds. The van der Waals surface area contributed by atoms with Gasteiger partial charge in [-0.2, -0.15) is 0 Å². The molecule has 72 valence electrons. The van der Waals surface area contributed by atoms with Gasteiger partial charge in [-0.05, 0) is 19.1 Å². The summed E-state index contributed by atoms with van der Waals surface area (Å²) >= 11 is 0. The molecule has 0 aliphatic heterocycles. The van der Waals surface area contributed by atoms with E-state index in [1.54, 1.807) is 31.5 Å². The monoisotopic (exact) mass is 293 g/mol. The van der Waals surface area contributed by atoms with Gasteiger partial charge in [0.15, 0.2) is 0 Å². The molecule has 1 aromatic heterocycles. The summed E-state index contributed by atoms with van der Waals surface area (Å²) in [6.45, 7) is 1.63. The molecule has 1 atom stereocenters. The van der Waals surface area contributed by atoms with Gasteiger partial charge in [-0.15, -0.1) is 24.0 Å². The Morgan fingerprint density at radius 3 is 2.85 bits per heavy atom. The van der Waals surface area contributed by atoms with Gasteiger partial charge in [0.1, 0.15) is 0 Å². The summed E-state index contributed by atoms with van der Waals surface area (Å²) in [6, 6.07) is 3.01. The summed E-state index contributed by atoms with van der Waals surface area (Å²) in [6.07, 6.45) is 3.21. The van der Waals surface area contributed by atoms with Crippen LogP contribution >= 0.6 is 24.0 Å². The fourth-order valence-corrected chi connectivity index (χ4v) is 0.693. The minimum Gasteiger partial charge on any atom is -0.323 e. The first-order valence-electron chi connectivity index (χ1n) is 3.66. The predicted octanol–water partition coefficient (Wildman–Crippen LogP) is 0.985. The van der Waals surface area contributed by atoms with Crippen LogP contribution in [0.4, 0.5) is 5.69 Å². The fourth-order valence-electron chi connectivity index (χ4n) is 0.693. The Labute approximate surface area is 93.9 Å². The highest BCUT2D eigenvalue weighted by Gasteiger charge is 2.06. The molecular weight excluding hydrogens is 281 g/mol. The molecule has 3 N–H and O–H groups in total. The zero-order valence-electron chi connectivity index (χ0n) is 7.23. The number of halogens is 1. The Kier molecular flexibility index (Phi) is 5.56. The Morgan fingerprint density at radius 2 is 2.38 bits per heavy atom. The molecule has 0 fully saturated rings. The smallest absolute Gasteiger partial charge is 0.241 e. The van der Waals surface area contributed by atoms with Crippen LogP contribution < -0.4 is 11.1 Å². The van der Waals surface area contributed by atoms with E-state index in [1.807, 2.05) is 0 Å². The summed E-state index contributed by atoms with van der Waals surface area (Å²) in [5.74, 6) is -0.206. The molecule has 1 rings (SSSR count). The molecule has 4 nitrogen and oxygen atoms in total. The van der Waals surface area contributed by atoms with E-state index in [2.05, 4.69) is 10.3 Å². The highest BCUT2D eigenvalue weighted by atomic mass is 127. The number of nitrogens with one attached hydrogen (secondary N) is 1. The van der Waals surface area contributed by atoms with E-state index >= 15 is 0 Å². The highest BCUT2D eigenvalue weighted by molar-refractivity contribution is 14.0. The van der Waals surface area contributed by atoms with Crippen molar-refractivity contribution in [2.75, 3.05) is 5.32 Å². The summed E-state index contributed by atoms with van der Waals surface area (Å²) in [5.41, 5.74) is 6.02. The van der Waals surface area contributed by atoms with Crippen LogP contribution in [0.1, 0.15) is 6.92 Å². The quantitative estimate of drug-likeness (QED) is 0.799. The van der Waals surface area contributed by atoms with Crippen molar-refractivity contribution in [2.24, 2.45) is 5.73 Å². The Hall–Kier alpha value is -0.690. The molecule has 0 aliphatic rings. The number of carbonyl (C=O) groups is 1. The van der Waals surface area contributed by atoms with Crippen LogP contribution in [-0.4, -0.2) is 16.9 Å². The van der Waals surface area contributed by atoms with Gasteiger partial charge in [0.05, 0.1) is 17.9 Å². The number of rotatable bonds is 2. The number of anilines is 1. The molecule has 0 spiro atoms. The number of pyridine rings is 1. The molecule has 0 aliphatic carbocycles. The van der Waals surface area contributed by atoms with Gasteiger partial charge in [-0.25, -0.2) is 0 Å². The maximum absolute atomic E-state index is 11.0. The maximum atomic E-state index is 11.0. The van der Waals surface area contributed by atoms with Gasteiger partial charge in [-0.3, -0.25) is 9.78 Å². The topological polar surface area (TPSA) is 68.0 Å². The average Bonchev–Trinajstić information content (AvgIpc) is 2.06. The third-order valence-corrected chi connectivity index (χ3v) is 1.34. The van der Waals surface area contributed by atoms with E-state index in [-0.39, 0.29) is 29.9 Å². The molecule has 0 aromatic carbocycles. The lowest BCUT2D eigenvalue weighted by Crippen LogP contribution is -2.32. The number of hydrogen-bond donors (Lipinski definition) is 2. The maximum Gasteiger partial charge on any atom is 0.241 e. The van der Waals surface area contributed by atoms with Crippen LogP contribution in [0.5, 0.6) is 0 Å². The molecule has 0 bridgehead atoms. The van der Waals surface area contributed by atoms with Crippen LogP contribution in [0.2, 0.25) is 0 Å². The van der Waals surface area contributed by atoms with E-state index in [4.69, 9.17) is 5.73 Å². The molecule has 1 unspecified atom stereocenters. The van der Waals surface area contributed by atoms with Crippen molar-refractivity contribution in [2.45, 2.75) is 13.0 Å². The van der Waals surface area contributed by atoms with Crippen LogP contribution in [0.3, 0.4) is 0 Å². The second kappa shape index (κ2) is 5.87. The first kappa shape index (κ1) is 12.3. The zero-order valence-corrected chi connectivity index (χ0v) is 9.56. The van der Waals surface area contributed by atoms with Crippen molar-refractivity contribution < 1.29 is 4.79 Å². The van der Waals surface area contributed by atoms with E-state index < -0.39 is 6.04 Å². The lowest BCUT2D eigenvalue weighted by molar-refractivity contribution is -0.117. The lowest BCUT2D eigenvalue weighted by atomic mass is 10.3. The van der Waals surface area contributed by atoms with Crippen LogP contribution in [0, 0.1) is 0 Å². The van der Waals surface area contributed by atoms with Gasteiger partial charge < -0.3 is 11.1 Å². The first-order chi connectivity index (χ1) is 5.70. The Bertz CT molecular complexity index is 263. The van der Waals surface area contributed by atoms with Gasteiger partial charge in [0.25, 0.3) is 0 Å². The standard InChI is InChI=1S/C8H11N3O.HI/c1-6(9)8(12)11-7-3-2-4-10-5-7;/h2-6H,9H2,1H3,(H,11,12);1H. The van der Waals surface area contributed by atoms with Gasteiger partial charge >= 0.3 is 0 Å². The van der Waals surface area contributed by atoms with E-state index in [0.717, 1.165) is 0 Å². The van der Waals surface area contributed by atoms with Crippen LogP contribution in [0.25, 0.3) is 0 Å². The average molecular weight is 293 g/mol. The van der Waals surface area contributed by atoms with Crippen molar-refractivity contribution in [3.05, 3.63) is 24.5 Å². The molecule has 0 radical (unpaired) electrons. The second-order valence-corrected chi connectivity index (χ2v) is 2.52. The van der Waals surface area contributed by atoms with Gasteiger partial charge in [-0.1, -0.05) is 0 Å². The number of hydrogen-bond acceptors (Lipinski definition) is 3. The summed E-state index contributed by atoms with van der Waals surface area (Å²) < 4.78 is 0. The van der Waals surface area contributed by atoms with Crippen molar-refractivity contribution in [1.82, 2.24) is 4.98 Å². The van der Waals surface area contributed by atoms with Crippen molar-refractivity contribution in [1.29, 1.82) is 0 Å². The lowest BCUT2D eigenvalue weighted by Gasteiger charge is -2.05. The Morgan fingerprint density at radius 1 is 1.69 bits per heavy atom. The van der Waals surface area contributed by atoms with Crippen LogP contribution in [0.15, 0.2) is 24.5 Å². The number of amides is 1. The fraction of sp³-hybridized carbons (Fsp3) is 0.250. The van der Waals surface area contributed by atoms with Crippen molar-refractivity contribution in [3.8, 4) is 0 Å². The van der Waals surface area contributed by atoms with E-state index in [1.165, 1.54) is 0 Å². The zero-order chi connectivity index (χ0) is 8.97. The summed E-state index contributed by atoms with van der Waals surface area (Å²) in [7, 11) is 0. The third kappa shape index (κ3) is 4.18. The molecule has 13 heavy (non-hydrogen) atoms. The number of nitrogens with zero attached hydrogens (tertiary/aromatic N) is 1. The van der Waals surface area contributed by atoms with Crippen molar-refractivity contribution >= 4 is 35.6 Å². The minimum absolute atomic E-state index is 0. The largest absolute Gasteiger partial charge is 0.323 e. The first-order valence-corrected chi connectivity index (χ1v) is 3.66. The molecule has 0 saturated heterocycles. The molecular formula is C8H12IN3O. The summed E-state index contributed by atoms with van der Waals surface area (Å²) in [5, 5.41) is 2.61. The molecule has 0 saturated carbocycles. The van der Waals surface area contributed by atoms with Gasteiger partial charge in [0, 0.05) is 6.20 Å². The highest BCUT2D eigenvalue weighted by Crippen LogP contribution is 2.02. The number of nitrogens with two attached hydrogens (primary N) is 1. The van der Waals surface area contributed by atoms with E-state index in [9.17, 15) is 4.79 Å². The number of aromatic nitrogens is 1. The van der Waals surface area contributed by atoms with Gasteiger partial charge in [0.2, 0.25) is 5.91 Å². The van der Waals surface area contributed by atoms with Crippen molar-refractivity contribution in [3.63, 3.8) is 0 Å². The predicted molar refractivity (Wildman–Crippen MR) is 61.9 cm³/mol. The third-order valence-electron chi connectivity index (χ3n) is 1.34. The summed E-state index contributed by atoms with van der Waals surface area (Å²) in [4.78, 5) is 14.9.